The van der Waals surface area contributed by atoms with Crippen LogP contribution in [0.25, 0.3) is 0 Å². The summed E-state index contributed by atoms with van der Waals surface area (Å²) in [4.78, 5) is 34.9. The van der Waals surface area contributed by atoms with Gasteiger partial charge >= 0.3 is 19.8 Å². The van der Waals surface area contributed by atoms with Crippen LogP contribution in [0.5, 0.6) is 0 Å². The maximum absolute atomic E-state index is 12.4. The number of carbonyl (C=O) groups is 2. The van der Waals surface area contributed by atoms with Gasteiger partial charge in [-0.25, -0.2) is 4.57 Å². The lowest BCUT2D eigenvalue weighted by Gasteiger charge is -2.24. The summed E-state index contributed by atoms with van der Waals surface area (Å²) in [5.41, 5.74) is 0. The van der Waals surface area contributed by atoms with Gasteiger partial charge in [0, 0.05) is 12.8 Å². The van der Waals surface area contributed by atoms with E-state index in [1.54, 1.807) is 0 Å². The molecular formula is C36H73NO8P+. The second-order valence-electron chi connectivity index (χ2n) is 14.0. The molecule has 0 aromatic carbocycles. The minimum atomic E-state index is -4.35. The Morgan fingerprint density at radius 3 is 1.39 bits per heavy atom. The molecular weight excluding hydrogens is 605 g/mol. The van der Waals surface area contributed by atoms with Gasteiger partial charge in [-0.05, 0) is 12.8 Å². The predicted molar refractivity (Wildman–Crippen MR) is 188 cm³/mol. The van der Waals surface area contributed by atoms with E-state index in [0.717, 1.165) is 44.9 Å². The molecule has 2 atom stereocenters. The zero-order valence-corrected chi connectivity index (χ0v) is 31.5. The molecule has 0 heterocycles. The van der Waals surface area contributed by atoms with E-state index in [9.17, 15) is 19.0 Å². The molecule has 0 aliphatic heterocycles. The number of phosphoric acid groups is 1. The van der Waals surface area contributed by atoms with Crippen LogP contribution < -0.4 is 0 Å². The van der Waals surface area contributed by atoms with E-state index in [2.05, 4.69) is 13.8 Å². The van der Waals surface area contributed by atoms with Gasteiger partial charge in [-0.3, -0.25) is 18.6 Å². The van der Waals surface area contributed by atoms with Crippen molar-refractivity contribution in [2.24, 2.45) is 0 Å². The second-order valence-corrected chi connectivity index (χ2v) is 15.4. The summed E-state index contributed by atoms with van der Waals surface area (Å²) in [5.74, 6) is -0.801. The molecule has 0 amide bonds. The number of esters is 2. The fraction of sp³-hybridized carbons (Fsp3) is 0.944. The number of hydrogen-bond acceptors (Lipinski definition) is 7. The molecule has 10 heteroatoms. The van der Waals surface area contributed by atoms with Crippen molar-refractivity contribution in [3.05, 3.63) is 0 Å². The Hall–Kier alpha value is -0.990. The number of likely N-dealkylation sites (N-methyl/N-ethyl adjacent to an activating group) is 1. The summed E-state index contributed by atoms with van der Waals surface area (Å²) in [6.07, 6.45) is 26.1. The molecule has 0 bridgehead atoms. The lowest BCUT2D eigenvalue weighted by Crippen LogP contribution is -2.37. The van der Waals surface area contributed by atoms with Crippen LogP contribution in [0.2, 0.25) is 0 Å². The molecule has 0 saturated heterocycles. The average Bonchev–Trinajstić information content (AvgIpc) is 2.99. The van der Waals surface area contributed by atoms with Crippen molar-refractivity contribution in [3.63, 3.8) is 0 Å². The topological polar surface area (TPSA) is 108 Å². The Kier molecular flexibility index (Phi) is 29.4. The van der Waals surface area contributed by atoms with Gasteiger partial charge in [0.2, 0.25) is 0 Å². The molecule has 274 valence electrons. The van der Waals surface area contributed by atoms with Crippen LogP contribution in [0.15, 0.2) is 0 Å². The molecule has 0 radical (unpaired) electrons. The van der Waals surface area contributed by atoms with E-state index in [1.807, 2.05) is 21.1 Å². The number of unbranched alkanes of at least 4 members (excludes halogenated alkanes) is 20. The van der Waals surface area contributed by atoms with Gasteiger partial charge < -0.3 is 18.9 Å². The summed E-state index contributed by atoms with van der Waals surface area (Å²) >= 11 is 0. The highest BCUT2D eigenvalue weighted by Crippen LogP contribution is 2.43. The van der Waals surface area contributed by atoms with E-state index < -0.39 is 26.5 Å². The Labute approximate surface area is 283 Å². The fourth-order valence-corrected chi connectivity index (χ4v) is 5.87. The SMILES string of the molecule is CCCCCCCCCCCCCCCCCCC(=O)OCC(COP(=O)(O)OCC[N+](C)(C)C)OC(=O)CCCCCCCC. The number of hydrogen-bond donors (Lipinski definition) is 1. The van der Waals surface area contributed by atoms with Gasteiger partial charge in [-0.1, -0.05) is 142 Å². The molecule has 0 aromatic heterocycles. The van der Waals surface area contributed by atoms with Crippen LogP contribution in [0, 0.1) is 0 Å². The minimum Gasteiger partial charge on any atom is -0.462 e. The number of quaternary nitrogens is 1. The number of rotatable bonds is 34. The van der Waals surface area contributed by atoms with Gasteiger partial charge in [-0.2, -0.15) is 0 Å². The van der Waals surface area contributed by atoms with Gasteiger partial charge in [0.1, 0.15) is 19.8 Å². The highest BCUT2D eigenvalue weighted by molar-refractivity contribution is 7.47. The van der Waals surface area contributed by atoms with Gasteiger partial charge in [0.25, 0.3) is 0 Å². The number of phosphoric ester groups is 1. The zero-order valence-electron chi connectivity index (χ0n) is 30.6. The summed E-state index contributed by atoms with van der Waals surface area (Å²) < 4.78 is 34.0. The first-order chi connectivity index (χ1) is 22.0. The molecule has 0 aromatic rings. The predicted octanol–water partition coefficient (Wildman–Crippen LogP) is 9.68. The average molecular weight is 679 g/mol. The van der Waals surface area contributed by atoms with Crippen LogP contribution in [-0.2, 0) is 32.7 Å². The molecule has 2 unspecified atom stereocenters. The quantitative estimate of drug-likeness (QED) is 0.0310. The first kappa shape index (κ1) is 45.0. The first-order valence-electron chi connectivity index (χ1n) is 18.8. The highest BCUT2D eigenvalue weighted by atomic mass is 31.2. The number of nitrogens with zero attached hydrogens (tertiary/aromatic N) is 1. The van der Waals surface area contributed by atoms with Crippen LogP contribution in [-0.4, -0.2) is 74.9 Å². The molecule has 1 N–H and O–H groups in total. The van der Waals surface area contributed by atoms with Crippen molar-refractivity contribution in [2.45, 2.75) is 174 Å². The largest absolute Gasteiger partial charge is 0.472 e. The lowest BCUT2D eigenvalue weighted by atomic mass is 10.0. The van der Waals surface area contributed by atoms with Crippen molar-refractivity contribution in [3.8, 4) is 0 Å². The normalized spacial score (nSPS) is 13.8. The van der Waals surface area contributed by atoms with Crippen molar-refractivity contribution in [1.82, 2.24) is 0 Å². The molecule has 0 aliphatic carbocycles. The third-order valence-corrected chi connectivity index (χ3v) is 9.12. The number of carbonyl (C=O) groups excluding carboxylic acids is 2. The van der Waals surface area contributed by atoms with Gasteiger partial charge in [0.05, 0.1) is 27.7 Å². The fourth-order valence-electron chi connectivity index (χ4n) is 5.13. The highest BCUT2D eigenvalue weighted by Gasteiger charge is 2.27. The Morgan fingerprint density at radius 2 is 0.978 bits per heavy atom. The lowest BCUT2D eigenvalue weighted by molar-refractivity contribution is -0.870. The van der Waals surface area contributed by atoms with Crippen molar-refractivity contribution in [1.29, 1.82) is 0 Å². The van der Waals surface area contributed by atoms with Crippen molar-refractivity contribution >= 4 is 19.8 Å². The summed E-state index contributed by atoms with van der Waals surface area (Å²) in [6.45, 7) is 4.36. The Bertz CT molecular complexity index is 774. The van der Waals surface area contributed by atoms with E-state index >= 15 is 0 Å². The minimum absolute atomic E-state index is 0.0358. The molecule has 46 heavy (non-hydrogen) atoms. The smallest absolute Gasteiger partial charge is 0.462 e. The van der Waals surface area contributed by atoms with Crippen LogP contribution >= 0.6 is 7.82 Å². The van der Waals surface area contributed by atoms with E-state index in [1.165, 1.54) is 89.9 Å². The van der Waals surface area contributed by atoms with E-state index in [-0.39, 0.29) is 25.6 Å². The maximum atomic E-state index is 12.4. The molecule has 9 nitrogen and oxygen atoms in total. The van der Waals surface area contributed by atoms with E-state index in [4.69, 9.17) is 18.5 Å². The molecule has 0 rings (SSSR count). The monoisotopic (exact) mass is 679 g/mol. The summed E-state index contributed by atoms with van der Waals surface area (Å²) in [7, 11) is 1.48. The molecule has 0 saturated carbocycles. The standard InChI is InChI=1S/C36H72NO8P/c1-6-8-10-12-14-15-16-17-18-19-20-21-22-23-25-26-28-35(38)42-32-34(45-36(39)29-27-24-13-11-9-7-2)33-44-46(40,41)43-31-30-37(3,4)5/h34H,6-33H2,1-5H3/p+1. The molecule has 0 aliphatic rings. The van der Waals surface area contributed by atoms with Crippen LogP contribution in [0.1, 0.15) is 168 Å². The first-order valence-corrected chi connectivity index (χ1v) is 20.3. The Morgan fingerprint density at radius 1 is 0.587 bits per heavy atom. The maximum Gasteiger partial charge on any atom is 0.472 e. The van der Waals surface area contributed by atoms with E-state index in [0.29, 0.717) is 23.9 Å². The van der Waals surface area contributed by atoms with Gasteiger partial charge in [-0.15, -0.1) is 0 Å². The van der Waals surface area contributed by atoms with Crippen molar-refractivity contribution in [2.75, 3.05) is 47.5 Å². The molecule has 0 spiro atoms. The summed E-state index contributed by atoms with van der Waals surface area (Å²) in [5, 5.41) is 0. The summed E-state index contributed by atoms with van der Waals surface area (Å²) in [6, 6.07) is 0. The third kappa shape index (κ3) is 32.9. The second kappa shape index (κ2) is 30.1. The van der Waals surface area contributed by atoms with Crippen LogP contribution in [0.3, 0.4) is 0 Å². The Balaban J connectivity index is 4.25. The zero-order chi connectivity index (χ0) is 34.4. The molecule has 0 fully saturated rings. The number of ether oxygens (including phenoxy) is 2. The van der Waals surface area contributed by atoms with Crippen molar-refractivity contribution < 1.29 is 42.1 Å². The van der Waals surface area contributed by atoms with Gasteiger partial charge in [0.15, 0.2) is 6.10 Å². The third-order valence-electron chi connectivity index (χ3n) is 8.14. The van der Waals surface area contributed by atoms with Crippen LogP contribution in [0.4, 0.5) is 0 Å².